The van der Waals surface area contributed by atoms with Crippen LogP contribution in [0.3, 0.4) is 0 Å². The Morgan fingerprint density at radius 1 is 0.882 bits per heavy atom. The maximum absolute atomic E-state index is 13.4. The van der Waals surface area contributed by atoms with Gasteiger partial charge in [-0.05, 0) is 54.6 Å². The van der Waals surface area contributed by atoms with Crippen LogP contribution in [-0.2, 0) is 0 Å². The SMILES string of the molecule is COc1cc(C(=O)Nc2c(C(=O)c3ccc(F)cc3)[nH]c3cc(Cl)ccc23)cc(OC)c1OC. The third-order valence-electron chi connectivity index (χ3n) is 5.26. The number of carbonyl (C=O) groups excluding carboxylic acids is 2. The van der Waals surface area contributed by atoms with Crippen LogP contribution in [0.1, 0.15) is 26.4 Å². The maximum atomic E-state index is 13.4. The van der Waals surface area contributed by atoms with Crippen molar-refractivity contribution in [3.8, 4) is 17.2 Å². The molecule has 0 fully saturated rings. The van der Waals surface area contributed by atoms with Crippen molar-refractivity contribution in [1.82, 2.24) is 4.98 Å². The maximum Gasteiger partial charge on any atom is 0.256 e. The average Bonchev–Trinajstić information content (AvgIpc) is 3.19. The third-order valence-corrected chi connectivity index (χ3v) is 5.49. The van der Waals surface area contributed by atoms with Crippen LogP contribution in [-0.4, -0.2) is 38.0 Å². The van der Waals surface area contributed by atoms with Gasteiger partial charge in [0.25, 0.3) is 5.91 Å². The zero-order chi connectivity index (χ0) is 24.4. The highest BCUT2D eigenvalue weighted by molar-refractivity contribution is 6.31. The topological polar surface area (TPSA) is 89.7 Å². The number of aromatic amines is 1. The number of hydrogen-bond acceptors (Lipinski definition) is 5. The number of aromatic nitrogens is 1. The summed E-state index contributed by atoms with van der Waals surface area (Å²) >= 11 is 6.12. The molecule has 0 aliphatic heterocycles. The van der Waals surface area contributed by atoms with Crippen molar-refractivity contribution in [2.45, 2.75) is 0 Å². The van der Waals surface area contributed by atoms with Gasteiger partial charge in [-0.2, -0.15) is 0 Å². The fourth-order valence-corrected chi connectivity index (χ4v) is 3.79. The van der Waals surface area contributed by atoms with E-state index in [1.54, 1.807) is 18.2 Å². The van der Waals surface area contributed by atoms with Gasteiger partial charge in [0, 0.05) is 27.1 Å². The third kappa shape index (κ3) is 4.27. The minimum absolute atomic E-state index is 0.129. The number of rotatable bonds is 7. The highest BCUT2D eigenvalue weighted by Gasteiger charge is 2.23. The van der Waals surface area contributed by atoms with Crippen LogP contribution in [0.25, 0.3) is 10.9 Å². The van der Waals surface area contributed by atoms with E-state index in [1.165, 1.54) is 57.7 Å². The molecule has 7 nitrogen and oxygen atoms in total. The first kappa shape index (κ1) is 23.1. The minimum Gasteiger partial charge on any atom is -0.493 e. The number of halogens is 2. The molecule has 0 aliphatic rings. The molecule has 2 N–H and O–H groups in total. The predicted octanol–water partition coefficient (Wildman–Crippen LogP) is 5.47. The second-order valence-electron chi connectivity index (χ2n) is 7.27. The summed E-state index contributed by atoms with van der Waals surface area (Å²) < 4.78 is 29.3. The number of nitrogens with one attached hydrogen (secondary N) is 2. The Labute approximate surface area is 199 Å². The summed E-state index contributed by atoms with van der Waals surface area (Å²) in [6.07, 6.45) is 0. The Bertz CT molecular complexity index is 1370. The van der Waals surface area contributed by atoms with Gasteiger partial charge in [-0.15, -0.1) is 0 Å². The van der Waals surface area contributed by atoms with Gasteiger partial charge in [0.2, 0.25) is 11.5 Å². The molecule has 0 aliphatic carbocycles. The Morgan fingerprint density at radius 3 is 2.12 bits per heavy atom. The van der Waals surface area contributed by atoms with Gasteiger partial charge in [-0.3, -0.25) is 9.59 Å². The number of amides is 1. The first-order chi connectivity index (χ1) is 16.4. The number of fused-ring (bicyclic) bond motifs is 1. The smallest absolute Gasteiger partial charge is 0.256 e. The molecule has 0 bridgehead atoms. The number of benzene rings is 3. The second-order valence-corrected chi connectivity index (χ2v) is 7.71. The normalized spacial score (nSPS) is 10.7. The van der Waals surface area contributed by atoms with E-state index in [4.69, 9.17) is 25.8 Å². The lowest BCUT2D eigenvalue weighted by Crippen LogP contribution is -2.15. The van der Waals surface area contributed by atoms with Crippen LogP contribution in [0.15, 0.2) is 54.6 Å². The zero-order valence-corrected chi connectivity index (χ0v) is 19.2. The molecule has 9 heteroatoms. The Kier molecular flexibility index (Phi) is 6.43. The van der Waals surface area contributed by atoms with E-state index in [1.807, 2.05) is 0 Å². The first-order valence-corrected chi connectivity index (χ1v) is 10.5. The fourth-order valence-electron chi connectivity index (χ4n) is 3.61. The van der Waals surface area contributed by atoms with Gasteiger partial charge in [-0.25, -0.2) is 4.39 Å². The predicted molar refractivity (Wildman–Crippen MR) is 127 cm³/mol. The number of hydrogen-bond donors (Lipinski definition) is 2. The average molecular weight is 483 g/mol. The molecule has 0 atom stereocenters. The summed E-state index contributed by atoms with van der Waals surface area (Å²) in [5.74, 6) is -0.442. The Balaban J connectivity index is 1.80. The molecular formula is C25H20ClFN2O5. The molecule has 4 aromatic rings. The van der Waals surface area contributed by atoms with Crippen molar-refractivity contribution < 1.29 is 28.2 Å². The van der Waals surface area contributed by atoms with E-state index in [0.717, 1.165) is 0 Å². The van der Waals surface area contributed by atoms with Crippen molar-refractivity contribution in [2.75, 3.05) is 26.6 Å². The molecule has 0 saturated heterocycles. The highest BCUT2D eigenvalue weighted by atomic mass is 35.5. The van der Waals surface area contributed by atoms with Crippen molar-refractivity contribution in [1.29, 1.82) is 0 Å². The number of ether oxygens (including phenoxy) is 3. The van der Waals surface area contributed by atoms with Gasteiger partial charge in [0.05, 0.1) is 27.0 Å². The number of methoxy groups -OCH3 is 3. The van der Waals surface area contributed by atoms with E-state index in [2.05, 4.69) is 10.3 Å². The van der Waals surface area contributed by atoms with Gasteiger partial charge in [-0.1, -0.05) is 11.6 Å². The molecule has 0 saturated carbocycles. The standard InChI is InChI=1S/C25H20ClFN2O5/c1-32-19-10-14(11-20(33-2)24(19)34-3)25(31)29-21-17-9-6-15(26)12-18(17)28-22(21)23(30)13-4-7-16(27)8-5-13/h4-12,28H,1-3H3,(H,29,31). The van der Waals surface area contributed by atoms with Gasteiger partial charge in [0.15, 0.2) is 11.5 Å². The van der Waals surface area contributed by atoms with Crippen LogP contribution in [0.2, 0.25) is 5.02 Å². The number of carbonyl (C=O) groups is 2. The van der Waals surface area contributed by atoms with E-state index >= 15 is 0 Å². The molecule has 3 aromatic carbocycles. The molecule has 4 rings (SSSR count). The Morgan fingerprint density at radius 2 is 1.53 bits per heavy atom. The fraction of sp³-hybridized carbons (Fsp3) is 0.120. The summed E-state index contributed by atoms with van der Waals surface area (Å²) in [6.45, 7) is 0. The van der Waals surface area contributed by atoms with Crippen LogP contribution in [0, 0.1) is 5.82 Å². The minimum atomic E-state index is -0.511. The van der Waals surface area contributed by atoms with Gasteiger partial charge in [0.1, 0.15) is 11.5 Å². The van der Waals surface area contributed by atoms with E-state index in [-0.39, 0.29) is 22.5 Å². The van der Waals surface area contributed by atoms with Crippen LogP contribution in [0.5, 0.6) is 17.2 Å². The second kappa shape index (κ2) is 9.44. The number of anilines is 1. The van der Waals surface area contributed by atoms with Crippen molar-refractivity contribution >= 4 is 39.9 Å². The van der Waals surface area contributed by atoms with Crippen molar-refractivity contribution in [3.63, 3.8) is 0 Å². The highest BCUT2D eigenvalue weighted by Crippen LogP contribution is 2.39. The van der Waals surface area contributed by atoms with Crippen molar-refractivity contribution in [2.24, 2.45) is 0 Å². The first-order valence-electron chi connectivity index (χ1n) is 10.1. The number of H-pyrrole nitrogens is 1. The molecule has 0 spiro atoms. The monoisotopic (exact) mass is 482 g/mol. The summed E-state index contributed by atoms with van der Waals surface area (Å²) in [5, 5.41) is 3.85. The summed E-state index contributed by atoms with van der Waals surface area (Å²) in [4.78, 5) is 29.5. The summed E-state index contributed by atoms with van der Waals surface area (Å²) in [6, 6.07) is 13.1. The Hall–Kier alpha value is -4.04. The van der Waals surface area contributed by atoms with Crippen molar-refractivity contribution in [3.05, 3.63) is 82.3 Å². The quantitative estimate of drug-likeness (QED) is 0.341. The molecule has 34 heavy (non-hydrogen) atoms. The number of ketones is 1. The van der Waals surface area contributed by atoms with Crippen LogP contribution in [0.4, 0.5) is 10.1 Å². The van der Waals surface area contributed by atoms with E-state index in [9.17, 15) is 14.0 Å². The van der Waals surface area contributed by atoms with Crippen LogP contribution >= 0.6 is 11.6 Å². The largest absolute Gasteiger partial charge is 0.493 e. The molecule has 1 aromatic heterocycles. The molecule has 174 valence electrons. The van der Waals surface area contributed by atoms with Gasteiger partial charge < -0.3 is 24.5 Å². The summed E-state index contributed by atoms with van der Waals surface area (Å²) in [5.41, 5.74) is 1.42. The van der Waals surface area contributed by atoms with E-state index < -0.39 is 17.5 Å². The zero-order valence-electron chi connectivity index (χ0n) is 18.5. The van der Waals surface area contributed by atoms with E-state index in [0.29, 0.717) is 33.2 Å². The molecule has 0 radical (unpaired) electrons. The lowest BCUT2D eigenvalue weighted by molar-refractivity contribution is 0.102. The molecular weight excluding hydrogens is 463 g/mol. The van der Waals surface area contributed by atoms with Crippen LogP contribution < -0.4 is 19.5 Å². The lowest BCUT2D eigenvalue weighted by Gasteiger charge is -2.14. The lowest BCUT2D eigenvalue weighted by atomic mass is 10.1. The molecule has 1 amide bonds. The molecule has 1 heterocycles. The molecule has 0 unspecified atom stereocenters. The summed E-state index contributed by atoms with van der Waals surface area (Å²) in [7, 11) is 4.36. The van der Waals surface area contributed by atoms with Gasteiger partial charge >= 0.3 is 0 Å².